The number of benzene rings is 1. The lowest BCUT2D eigenvalue weighted by Crippen LogP contribution is -2.20. The highest BCUT2D eigenvalue weighted by Crippen LogP contribution is 2.30. The fraction of sp³-hybridized carbons (Fsp3) is 0.333. The molecule has 5 nitrogen and oxygen atoms in total. The zero-order valence-electron chi connectivity index (χ0n) is 12.0. The number of hydrogen-bond acceptors (Lipinski definition) is 5. The Hall–Kier alpha value is -1.92. The molecule has 0 bridgehead atoms. The van der Waals surface area contributed by atoms with Crippen LogP contribution in [-0.2, 0) is 16.0 Å². The van der Waals surface area contributed by atoms with Crippen molar-refractivity contribution in [1.82, 2.24) is 4.98 Å². The van der Waals surface area contributed by atoms with Crippen molar-refractivity contribution in [1.29, 1.82) is 0 Å². The summed E-state index contributed by atoms with van der Waals surface area (Å²) in [7, 11) is 1.69. The smallest absolute Gasteiger partial charge is 0.228 e. The van der Waals surface area contributed by atoms with Gasteiger partial charge in [0.25, 0.3) is 0 Å². The van der Waals surface area contributed by atoms with Gasteiger partial charge < -0.3 is 15.4 Å². The Bertz CT molecular complexity index is 669. The molecule has 1 aliphatic heterocycles. The second-order valence-electron chi connectivity index (χ2n) is 5.14. The summed E-state index contributed by atoms with van der Waals surface area (Å²) in [6.45, 7) is 2.69. The lowest BCUT2D eigenvalue weighted by molar-refractivity contribution is -0.115. The molecule has 0 fully saturated rings. The highest BCUT2D eigenvalue weighted by molar-refractivity contribution is 7.14. The number of ether oxygens (including phenoxy) is 1. The molecule has 0 aliphatic carbocycles. The van der Waals surface area contributed by atoms with Crippen LogP contribution in [-0.4, -0.2) is 30.6 Å². The Morgan fingerprint density at radius 1 is 1.52 bits per heavy atom. The molecule has 1 aliphatic rings. The zero-order valence-corrected chi connectivity index (χ0v) is 12.8. The van der Waals surface area contributed by atoms with Gasteiger partial charge in [0.15, 0.2) is 5.13 Å². The predicted molar refractivity (Wildman–Crippen MR) is 84.8 cm³/mol. The van der Waals surface area contributed by atoms with Crippen LogP contribution in [0.15, 0.2) is 23.6 Å². The number of anilines is 2. The van der Waals surface area contributed by atoms with E-state index in [-0.39, 0.29) is 11.9 Å². The Morgan fingerprint density at radius 3 is 3.19 bits per heavy atom. The van der Waals surface area contributed by atoms with Gasteiger partial charge in [0.2, 0.25) is 5.91 Å². The van der Waals surface area contributed by atoms with Crippen LogP contribution in [0.5, 0.6) is 0 Å². The van der Waals surface area contributed by atoms with Gasteiger partial charge in [-0.05, 0) is 24.6 Å². The second-order valence-corrected chi connectivity index (χ2v) is 5.99. The summed E-state index contributed by atoms with van der Waals surface area (Å²) in [4.78, 5) is 16.0. The van der Waals surface area contributed by atoms with Gasteiger partial charge in [-0.3, -0.25) is 4.79 Å². The number of aromatic nitrogens is 1. The number of nitrogens with one attached hydrogen (secondary N) is 2. The third-order valence-corrected chi connectivity index (χ3v) is 4.09. The first-order valence-corrected chi connectivity index (χ1v) is 7.68. The number of fused-ring (bicyclic) bond motifs is 1. The molecule has 2 aromatic rings. The van der Waals surface area contributed by atoms with Crippen molar-refractivity contribution in [2.45, 2.75) is 19.4 Å². The summed E-state index contributed by atoms with van der Waals surface area (Å²) in [5, 5.41) is 9.05. The minimum Gasteiger partial charge on any atom is -0.383 e. The van der Waals surface area contributed by atoms with Crippen LogP contribution in [0.25, 0.3) is 11.3 Å². The third kappa shape index (κ3) is 3.06. The zero-order chi connectivity index (χ0) is 14.8. The monoisotopic (exact) mass is 303 g/mol. The number of carbonyl (C=O) groups excluding carboxylic acids is 1. The number of carbonyl (C=O) groups is 1. The predicted octanol–water partition coefficient (Wildman–Crippen LogP) is 2.75. The quantitative estimate of drug-likeness (QED) is 0.891. The molecule has 1 amide bonds. The molecule has 0 saturated heterocycles. The Labute approximate surface area is 127 Å². The molecule has 21 heavy (non-hydrogen) atoms. The van der Waals surface area contributed by atoms with Crippen molar-refractivity contribution in [3.05, 3.63) is 29.1 Å². The summed E-state index contributed by atoms with van der Waals surface area (Å²) in [5.41, 5.74) is 3.90. The summed E-state index contributed by atoms with van der Waals surface area (Å²) >= 11 is 1.57. The van der Waals surface area contributed by atoms with Crippen LogP contribution in [0, 0.1) is 0 Å². The van der Waals surface area contributed by atoms with E-state index in [0.29, 0.717) is 13.0 Å². The molecule has 1 atom stereocenters. The van der Waals surface area contributed by atoms with Crippen molar-refractivity contribution in [2.75, 3.05) is 24.4 Å². The van der Waals surface area contributed by atoms with E-state index in [9.17, 15) is 4.79 Å². The van der Waals surface area contributed by atoms with Crippen LogP contribution in [0.2, 0.25) is 0 Å². The summed E-state index contributed by atoms with van der Waals surface area (Å²) < 4.78 is 5.10. The molecule has 0 radical (unpaired) electrons. The molecule has 0 saturated carbocycles. The maximum absolute atomic E-state index is 11.4. The average Bonchev–Trinajstić information content (AvgIpc) is 3.03. The van der Waals surface area contributed by atoms with E-state index in [4.69, 9.17) is 4.74 Å². The average molecular weight is 303 g/mol. The standard InChI is InChI=1S/C15H17N3O2S/c1-9(7-20-2)16-15-18-13(8-21-15)10-3-4-12-11(5-10)6-14(19)17-12/h3-5,8-9H,6-7H2,1-2H3,(H,16,18)(H,17,19)/t9-/m1/s1. The molecule has 3 rings (SSSR count). The normalized spacial score (nSPS) is 14.7. The van der Waals surface area contributed by atoms with E-state index in [1.54, 1.807) is 18.4 Å². The number of nitrogens with zero attached hydrogens (tertiary/aromatic N) is 1. The van der Waals surface area contributed by atoms with E-state index >= 15 is 0 Å². The van der Waals surface area contributed by atoms with E-state index in [1.165, 1.54) is 0 Å². The van der Waals surface area contributed by atoms with Gasteiger partial charge >= 0.3 is 0 Å². The van der Waals surface area contributed by atoms with Gasteiger partial charge in [0, 0.05) is 29.8 Å². The van der Waals surface area contributed by atoms with Crippen molar-refractivity contribution < 1.29 is 9.53 Å². The molecular weight excluding hydrogens is 286 g/mol. The van der Waals surface area contributed by atoms with Crippen molar-refractivity contribution in [3.8, 4) is 11.3 Å². The van der Waals surface area contributed by atoms with Gasteiger partial charge in [-0.25, -0.2) is 4.98 Å². The minimum absolute atomic E-state index is 0.0520. The molecule has 0 spiro atoms. The highest BCUT2D eigenvalue weighted by atomic mass is 32.1. The maximum atomic E-state index is 11.4. The summed E-state index contributed by atoms with van der Waals surface area (Å²) in [5.74, 6) is 0.0520. The van der Waals surface area contributed by atoms with E-state index in [0.717, 1.165) is 27.6 Å². The van der Waals surface area contributed by atoms with Crippen LogP contribution in [0.1, 0.15) is 12.5 Å². The largest absolute Gasteiger partial charge is 0.383 e. The van der Waals surface area contributed by atoms with Crippen molar-refractivity contribution >= 4 is 28.1 Å². The maximum Gasteiger partial charge on any atom is 0.228 e. The highest BCUT2D eigenvalue weighted by Gasteiger charge is 2.18. The Kier molecular flexibility index (Phi) is 3.90. The molecular formula is C15H17N3O2S. The second kappa shape index (κ2) is 5.83. The van der Waals surface area contributed by atoms with Crippen LogP contribution < -0.4 is 10.6 Å². The van der Waals surface area contributed by atoms with Crippen LogP contribution in [0.4, 0.5) is 10.8 Å². The lowest BCUT2D eigenvalue weighted by Gasteiger charge is -2.10. The van der Waals surface area contributed by atoms with Crippen LogP contribution in [0.3, 0.4) is 0 Å². The first-order valence-electron chi connectivity index (χ1n) is 6.80. The van der Waals surface area contributed by atoms with Crippen LogP contribution >= 0.6 is 11.3 Å². The topological polar surface area (TPSA) is 63.2 Å². The lowest BCUT2D eigenvalue weighted by atomic mass is 10.1. The van der Waals surface area contributed by atoms with E-state index in [1.807, 2.05) is 23.6 Å². The molecule has 6 heteroatoms. The van der Waals surface area contributed by atoms with Crippen molar-refractivity contribution in [3.63, 3.8) is 0 Å². The van der Waals surface area contributed by atoms with E-state index in [2.05, 4.69) is 22.5 Å². The number of rotatable bonds is 5. The van der Waals surface area contributed by atoms with Gasteiger partial charge in [0.1, 0.15) is 0 Å². The number of hydrogen-bond donors (Lipinski definition) is 2. The molecule has 0 unspecified atom stereocenters. The van der Waals surface area contributed by atoms with Gasteiger partial charge in [-0.15, -0.1) is 11.3 Å². The number of thiazole rings is 1. The van der Waals surface area contributed by atoms with E-state index < -0.39 is 0 Å². The third-order valence-electron chi connectivity index (χ3n) is 3.32. The Balaban J connectivity index is 1.77. The van der Waals surface area contributed by atoms with Crippen molar-refractivity contribution in [2.24, 2.45) is 0 Å². The molecule has 1 aromatic heterocycles. The SMILES string of the molecule is COC[C@@H](C)Nc1nc(-c2ccc3c(c2)CC(=O)N3)cs1. The van der Waals surface area contributed by atoms with Gasteiger partial charge in [0.05, 0.1) is 18.7 Å². The van der Waals surface area contributed by atoms with Gasteiger partial charge in [-0.2, -0.15) is 0 Å². The first-order chi connectivity index (χ1) is 10.2. The van der Waals surface area contributed by atoms with Gasteiger partial charge in [-0.1, -0.05) is 6.07 Å². The fourth-order valence-corrected chi connectivity index (χ4v) is 3.20. The summed E-state index contributed by atoms with van der Waals surface area (Å²) in [6, 6.07) is 6.18. The fourth-order valence-electron chi connectivity index (χ4n) is 2.36. The summed E-state index contributed by atoms with van der Waals surface area (Å²) in [6.07, 6.45) is 0.448. The minimum atomic E-state index is 0.0520. The molecule has 110 valence electrons. The number of methoxy groups -OCH3 is 1. The molecule has 2 N–H and O–H groups in total. The molecule has 1 aromatic carbocycles. The molecule has 2 heterocycles. The Morgan fingerprint density at radius 2 is 2.38 bits per heavy atom. The number of amides is 1. The first kappa shape index (κ1) is 14.0.